The Morgan fingerprint density at radius 3 is 2.92 bits per heavy atom. The molecule has 0 aliphatic heterocycles. The van der Waals surface area contributed by atoms with Crippen molar-refractivity contribution in [1.29, 1.82) is 0 Å². The van der Waals surface area contributed by atoms with E-state index in [0.29, 0.717) is 24.5 Å². The molecule has 0 bridgehead atoms. The second-order valence-electron chi connectivity index (χ2n) is 5.73. The van der Waals surface area contributed by atoms with Gasteiger partial charge in [0.15, 0.2) is 0 Å². The van der Waals surface area contributed by atoms with Crippen LogP contribution < -0.4 is 15.8 Å². The zero-order chi connectivity index (χ0) is 17.2. The standard InChI is InChI=1S/C19H25N3O2/c1-2-3-8-17(12-20)22-19(23)16-7-4-9-18(11-16)24-14-15-6-5-10-21-13-15/h4-7,9-11,13,17H,2-3,8,12,14,20H2,1H3,(H,22,23). The molecule has 1 atom stereocenters. The molecule has 1 unspecified atom stereocenters. The largest absolute Gasteiger partial charge is 0.489 e. The number of aromatic nitrogens is 1. The Morgan fingerprint density at radius 2 is 2.21 bits per heavy atom. The van der Waals surface area contributed by atoms with Gasteiger partial charge in [-0.25, -0.2) is 0 Å². The lowest BCUT2D eigenvalue weighted by molar-refractivity contribution is 0.0935. The van der Waals surface area contributed by atoms with Crippen LogP contribution in [0.2, 0.25) is 0 Å². The molecule has 3 N–H and O–H groups in total. The van der Waals surface area contributed by atoms with Crippen LogP contribution in [0.4, 0.5) is 0 Å². The normalized spacial score (nSPS) is 11.8. The molecule has 5 heteroatoms. The van der Waals surface area contributed by atoms with E-state index in [-0.39, 0.29) is 11.9 Å². The number of nitrogens with two attached hydrogens (primary N) is 1. The molecule has 0 saturated heterocycles. The van der Waals surface area contributed by atoms with Crippen molar-refractivity contribution >= 4 is 5.91 Å². The summed E-state index contributed by atoms with van der Waals surface area (Å²) in [5.74, 6) is 0.540. The van der Waals surface area contributed by atoms with Gasteiger partial charge in [0.05, 0.1) is 0 Å². The van der Waals surface area contributed by atoms with Gasteiger partial charge in [0, 0.05) is 36.1 Å². The molecule has 2 rings (SSSR count). The third-order valence-corrected chi connectivity index (χ3v) is 3.75. The molecule has 0 aliphatic rings. The van der Waals surface area contributed by atoms with Gasteiger partial charge in [0.1, 0.15) is 12.4 Å². The van der Waals surface area contributed by atoms with E-state index in [2.05, 4.69) is 17.2 Å². The maximum Gasteiger partial charge on any atom is 0.251 e. The van der Waals surface area contributed by atoms with Gasteiger partial charge in [-0.15, -0.1) is 0 Å². The molecule has 1 heterocycles. The van der Waals surface area contributed by atoms with Crippen molar-refractivity contribution < 1.29 is 9.53 Å². The zero-order valence-corrected chi connectivity index (χ0v) is 14.1. The number of nitrogens with one attached hydrogen (secondary N) is 1. The Bertz CT molecular complexity index is 632. The summed E-state index contributed by atoms with van der Waals surface area (Å²) in [5.41, 5.74) is 7.30. The third kappa shape index (κ3) is 5.66. The number of nitrogens with zero attached hydrogens (tertiary/aromatic N) is 1. The molecule has 0 aliphatic carbocycles. The summed E-state index contributed by atoms with van der Waals surface area (Å²) in [6.45, 7) is 2.99. The number of rotatable bonds is 9. The van der Waals surface area contributed by atoms with Crippen LogP contribution in [0.5, 0.6) is 5.75 Å². The molecular weight excluding hydrogens is 302 g/mol. The number of benzene rings is 1. The Morgan fingerprint density at radius 1 is 1.33 bits per heavy atom. The summed E-state index contributed by atoms with van der Waals surface area (Å²) >= 11 is 0. The van der Waals surface area contributed by atoms with Crippen molar-refractivity contribution in [1.82, 2.24) is 10.3 Å². The molecule has 24 heavy (non-hydrogen) atoms. The summed E-state index contributed by atoms with van der Waals surface area (Å²) < 4.78 is 5.73. The Hall–Kier alpha value is -2.40. The highest BCUT2D eigenvalue weighted by Crippen LogP contribution is 2.15. The lowest BCUT2D eigenvalue weighted by Gasteiger charge is -2.16. The molecular formula is C19H25N3O2. The third-order valence-electron chi connectivity index (χ3n) is 3.75. The van der Waals surface area contributed by atoms with E-state index >= 15 is 0 Å². The van der Waals surface area contributed by atoms with Crippen molar-refractivity contribution in [2.45, 2.75) is 38.8 Å². The summed E-state index contributed by atoms with van der Waals surface area (Å²) in [4.78, 5) is 16.4. The number of carbonyl (C=O) groups is 1. The average molecular weight is 327 g/mol. The van der Waals surface area contributed by atoms with Crippen molar-refractivity contribution in [2.24, 2.45) is 5.73 Å². The predicted octanol–water partition coefficient (Wildman–Crippen LogP) is 2.91. The van der Waals surface area contributed by atoms with Crippen LogP contribution in [0.25, 0.3) is 0 Å². The maximum absolute atomic E-state index is 12.4. The number of unbranched alkanes of at least 4 members (excludes halogenated alkanes) is 1. The number of ether oxygens (including phenoxy) is 1. The second-order valence-corrected chi connectivity index (χ2v) is 5.73. The smallest absolute Gasteiger partial charge is 0.251 e. The molecule has 0 spiro atoms. The average Bonchev–Trinajstić information content (AvgIpc) is 2.64. The lowest BCUT2D eigenvalue weighted by atomic mass is 10.1. The Balaban J connectivity index is 1.94. The van der Waals surface area contributed by atoms with Gasteiger partial charge < -0.3 is 15.8 Å². The Kier molecular flexibility index (Phi) is 7.23. The minimum Gasteiger partial charge on any atom is -0.489 e. The van der Waals surface area contributed by atoms with Gasteiger partial charge in [-0.2, -0.15) is 0 Å². The molecule has 2 aromatic rings. The number of pyridine rings is 1. The van der Waals surface area contributed by atoms with Gasteiger partial charge in [-0.3, -0.25) is 9.78 Å². The number of carbonyl (C=O) groups excluding carboxylic acids is 1. The first-order chi connectivity index (χ1) is 11.7. The van der Waals surface area contributed by atoms with Crippen molar-refractivity contribution in [2.75, 3.05) is 6.54 Å². The monoisotopic (exact) mass is 327 g/mol. The Labute approximate surface area is 143 Å². The van der Waals surface area contributed by atoms with E-state index in [1.165, 1.54) is 0 Å². The second kappa shape index (κ2) is 9.67. The fourth-order valence-electron chi connectivity index (χ4n) is 2.35. The van der Waals surface area contributed by atoms with Crippen LogP contribution >= 0.6 is 0 Å². The van der Waals surface area contributed by atoms with Crippen LogP contribution in [0, 0.1) is 0 Å². The minimum absolute atomic E-state index is 0.0115. The molecule has 1 aromatic heterocycles. The fourth-order valence-corrected chi connectivity index (χ4v) is 2.35. The topological polar surface area (TPSA) is 77.2 Å². The summed E-state index contributed by atoms with van der Waals surface area (Å²) in [5, 5.41) is 2.99. The van der Waals surface area contributed by atoms with E-state index < -0.39 is 0 Å². The minimum atomic E-state index is -0.117. The van der Waals surface area contributed by atoms with E-state index in [1.54, 1.807) is 24.5 Å². The SMILES string of the molecule is CCCCC(CN)NC(=O)c1cccc(OCc2cccnc2)c1. The van der Waals surface area contributed by atoms with Gasteiger partial charge >= 0.3 is 0 Å². The first-order valence-electron chi connectivity index (χ1n) is 8.35. The fraction of sp³-hybridized carbons (Fsp3) is 0.368. The number of hydrogen-bond donors (Lipinski definition) is 2. The zero-order valence-electron chi connectivity index (χ0n) is 14.1. The summed E-state index contributed by atoms with van der Waals surface area (Å²) in [7, 11) is 0. The highest BCUT2D eigenvalue weighted by molar-refractivity contribution is 5.94. The van der Waals surface area contributed by atoms with Crippen molar-refractivity contribution in [3.63, 3.8) is 0 Å². The first-order valence-corrected chi connectivity index (χ1v) is 8.35. The van der Waals surface area contributed by atoms with Gasteiger partial charge in [0.2, 0.25) is 0 Å². The first kappa shape index (κ1) is 17.9. The van der Waals surface area contributed by atoms with Crippen LogP contribution in [-0.2, 0) is 6.61 Å². The van der Waals surface area contributed by atoms with Crippen molar-refractivity contribution in [3.05, 3.63) is 59.9 Å². The number of amides is 1. The molecule has 0 radical (unpaired) electrons. The van der Waals surface area contributed by atoms with Crippen LogP contribution in [0.3, 0.4) is 0 Å². The van der Waals surface area contributed by atoms with Gasteiger partial charge in [-0.1, -0.05) is 31.9 Å². The quantitative estimate of drug-likeness (QED) is 0.742. The molecule has 0 fully saturated rings. The van der Waals surface area contributed by atoms with E-state index in [9.17, 15) is 4.79 Å². The van der Waals surface area contributed by atoms with Gasteiger partial charge in [0.25, 0.3) is 5.91 Å². The van der Waals surface area contributed by atoms with Crippen molar-refractivity contribution in [3.8, 4) is 5.75 Å². The molecule has 128 valence electrons. The highest BCUT2D eigenvalue weighted by atomic mass is 16.5. The van der Waals surface area contributed by atoms with E-state index in [4.69, 9.17) is 10.5 Å². The van der Waals surface area contributed by atoms with Crippen LogP contribution in [0.15, 0.2) is 48.8 Å². The van der Waals surface area contributed by atoms with Crippen LogP contribution in [-0.4, -0.2) is 23.5 Å². The molecule has 1 aromatic carbocycles. The lowest BCUT2D eigenvalue weighted by Crippen LogP contribution is -2.40. The summed E-state index contributed by atoms with van der Waals surface area (Å²) in [6.07, 6.45) is 6.52. The maximum atomic E-state index is 12.4. The van der Waals surface area contributed by atoms with E-state index in [0.717, 1.165) is 24.8 Å². The highest BCUT2D eigenvalue weighted by Gasteiger charge is 2.12. The predicted molar refractivity (Wildman–Crippen MR) is 94.8 cm³/mol. The van der Waals surface area contributed by atoms with Crippen LogP contribution in [0.1, 0.15) is 42.1 Å². The van der Waals surface area contributed by atoms with E-state index in [1.807, 2.05) is 24.3 Å². The molecule has 0 saturated carbocycles. The summed E-state index contributed by atoms with van der Waals surface area (Å²) in [6, 6.07) is 11.0. The van der Waals surface area contributed by atoms with Gasteiger partial charge in [-0.05, 0) is 30.7 Å². The molecule has 5 nitrogen and oxygen atoms in total. The number of hydrogen-bond acceptors (Lipinski definition) is 4. The molecule has 1 amide bonds.